The van der Waals surface area contributed by atoms with E-state index in [2.05, 4.69) is 0 Å². The molecular weight excluding hydrogens is 228 g/mol. The third-order valence-electron chi connectivity index (χ3n) is 3.15. The summed E-state index contributed by atoms with van der Waals surface area (Å²) in [7, 11) is 1.82. The van der Waals surface area contributed by atoms with Crippen molar-refractivity contribution in [1.82, 2.24) is 9.80 Å². The Hall–Kier alpha value is -0.770. The molecule has 0 bridgehead atoms. The minimum atomic E-state index is 0.0139. The van der Waals surface area contributed by atoms with Gasteiger partial charge in [0.1, 0.15) is 5.88 Å². The minimum Gasteiger partial charge on any atom is -0.346 e. The number of carbonyl (C=O) groups excluding carboxylic acids is 2. The van der Waals surface area contributed by atoms with Gasteiger partial charge in [-0.25, -0.2) is 0 Å². The number of alkyl halides is 1. The summed E-state index contributed by atoms with van der Waals surface area (Å²) in [6.45, 7) is 3.90. The van der Waals surface area contributed by atoms with E-state index in [9.17, 15) is 9.59 Å². The molecule has 0 aliphatic carbocycles. The Morgan fingerprint density at radius 1 is 1.38 bits per heavy atom. The Kier molecular flexibility index (Phi) is 5.06. The van der Waals surface area contributed by atoms with Gasteiger partial charge >= 0.3 is 0 Å². The number of nitrogens with zero attached hydrogens (tertiary/aromatic N) is 2. The number of piperidine rings is 1. The summed E-state index contributed by atoms with van der Waals surface area (Å²) in [6, 6.07) is 0. The summed E-state index contributed by atoms with van der Waals surface area (Å²) >= 11 is 5.50. The fraction of sp³-hybridized carbons (Fsp3) is 0.818. The summed E-state index contributed by atoms with van der Waals surface area (Å²) in [5.41, 5.74) is 0. The smallest absolute Gasteiger partial charge is 0.237 e. The van der Waals surface area contributed by atoms with Crippen LogP contribution in [0.25, 0.3) is 0 Å². The summed E-state index contributed by atoms with van der Waals surface area (Å²) in [4.78, 5) is 26.0. The lowest BCUT2D eigenvalue weighted by Gasteiger charge is -2.33. The van der Waals surface area contributed by atoms with Gasteiger partial charge in [-0.05, 0) is 18.8 Å². The van der Waals surface area contributed by atoms with Crippen molar-refractivity contribution >= 4 is 23.4 Å². The van der Waals surface area contributed by atoms with Gasteiger partial charge in [-0.15, -0.1) is 11.6 Å². The van der Waals surface area contributed by atoms with Crippen molar-refractivity contribution in [3.63, 3.8) is 0 Å². The predicted octanol–water partition coefficient (Wildman–Crippen LogP) is 0.942. The second kappa shape index (κ2) is 6.09. The van der Waals surface area contributed by atoms with Crippen LogP contribution in [0.3, 0.4) is 0 Å². The van der Waals surface area contributed by atoms with E-state index in [1.54, 1.807) is 16.7 Å². The molecule has 0 N–H and O–H groups in total. The number of halogens is 1. The highest BCUT2D eigenvalue weighted by atomic mass is 35.5. The lowest BCUT2D eigenvalue weighted by Crippen LogP contribution is -2.42. The standard InChI is InChI=1S/C11H19ClN2O2/c1-9(15)13(2)8-10-3-5-14(6-4-10)11(16)7-12/h10H,3-8H2,1-2H3. The van der Waals surface area contributed by atoms with Crippen molar-refractivity contribution < 1.29 is 9.59 Å². The molecule has 0 aromatic rings. The van der Waals surface area contributed by atoms with Gasteiger partial charge in [-0.1, -0.05) is 0 Å². The van der Waals surface area contributed by atoms with Crippen molar-refractivity contribution in [3.05, 3.63) is 0 Å². The molecule has 0 spiro atoms. The molecule has 1 heterocycles. The Morgan fingerprint density at radius 3 is 2.38 bits per heavy atom. The minimum absolute atomic E-state index is 0.0139. The van der Waals surface area contributed by atoms with Crippen LogP contribution in [0.15, 0.2) is 0 Å². The van der Waals surface area contributed by atoms with Gasteiger partial charge in [0.05, 0.1) is 0 Å². The van der Waals surface area contributed by atoms with Crippen LogP contribution in [0.1, 0.15) is 19.8 Å². The summed E-state index contributed by atoms with van der Waals surface area (Å²) in [5, 5.41) is 0. The zero-order chi connectivity index (χ0) is 12.1. The summed E-state index contributed by atoms with van der Waals surface area (Å²) < 4.78 is 0. The van der Waals surface area contributed by atoms with Crippen LogP contribution in [0, 0.1) is 5.92 Å². The fourth-order valence-electron chi connectivity index (χ4n) is 1.97. The van der Waals surface area contributed by atoms with Crippen molar-refractivity contribution in [1.29, 1.82) is 0 Å². The highest BCUT2D eigenvalue weighted by Crippen LogP contribution is 2.18. The third-order valence-corrected chi connectivity index (χ3v) is 3.38. The van der Waals surface area contributed by atoms with Gasteiger partial charge in [0.25, 0.3) is 0 Å². The number of rotatable bonds is 3. The molecule has 0 radical (unpaired) electrons. The highest BCUT2D eigenvalue weighted by molar-refractivity contribution is 6.27. The summed E-state index contributed by atoms with van der Waals surface area (Å²) in [5.74, 6) is 0.686. The topological polar surface area (TPSA) is 40.6 Å². The maximum Gasteiger partial charge on any atom is 0.237 e. The molecular formula is C11H19ClN2O2. The molecule has 2 amide bonds. The van der Waals surface area contributed by atoms with Crippen molar-refractivity contribution in [2.24, 2.45) is 5.92 Å². The molecule has 92 valence electrons. The van der Waals surface area contributed by atoms with E-state index in [0.717, 1.165) is 32.5 Å². The Bertz CT molecular complexity index is 263. The quantitative estimate of drug-likeness (QED) is 0.696. The molecule has 16 heavy (non-hydrogen) atoms. The van der Waals surface area contributed by atoms with E-state index >= 15 is 0 Å². The molecule has 1 aliphatic rings. The molecule has 1 rings (SSSR count). The normalized spacial score (nSPS) is 17.3. The molecule has 0 aromatic heterocycles. The van der Waals surface area contributed by atoms with E-state index in [0.29, 0.717) is 5.92 Å². The molecule has 0 saturated carbocycles. The number of hydrogen-bond acceptors (Lipinski definition) is 2. The highest BCUT2D eigenvalue weighted by Gasteiger charge is 2.23. The molecule has 0 unspecified atom stereocenters. The van der Waals surface area contributed by atoms with Crippen molar-refractivity contribution in [2.75, 3.05) is 32.6 Å². The van der Waals surface area contributed by atoms with Gasteiger partial charge < -0.3 is 9.80 Å². The van der Waals surface area contributed by atoms with Crippen LogP contribution >= 0.6 is 11.6 Å². The first kappa shape index (κ1) is 13.3. The SMILES string of the molecule is CC(=O)N(C)CC1CCN(C(=O)CCl)CC1. The Balaban J connectivity index is 2.32. The van der Waals surface area contributed by atoms with Crippen LogP contribution < -0.4 is 0 Å². The maximum atomic E-state index is 11.3. The van der Waals surface area contributed by atoms with Gasteiger partial charge in [-0.2, -0.15) is 0 Å². The third kappa shape index (κ3) is 3.67. The van der Waals surface area contributed by atoms with Crippen molar-refractivity contribution in [2.45, 2.75) is 19.8 Å². The first-order valence-electron chi connectivity index (χ1n) is 5.60. The molecule has 0 atom stereocenters. The van der Waals surface area contributed by atoms with E-state index < -0.39 is 0 Å². The molecule has 1 fully saturated rings. The van der Waals surface area contributed by atoms with Crippen LogP contribution in [-0.2, 0) is 9.59 Å². The largest absolute Gasteiger partial charge is 0.346 e. The van der Waals surface area contributed by atoms with E-state index in [-0.39, 0.29) is 17.7 Å². The van der Waals surface area contributed by atoms with Gasteiger partial charge in [0, 0.05) is 33.6 Å². The Morgan fingerprint density at radius 2 is 1.94 bits per heavy atom. The van der Waals surface area contributed by atoms with Crippen LogP contribution in [0.5, 0.6) is 0 Å². The zero-order valence-corrected chi connectivity index (χ0v) is 10.7. The monoisotopic (exact) mass is 246 g/mol. The molecule has 4 nitrogen and oxygen atoms in total. The fourth-order valence-corrected chi connectivity index (χ4v) is 2.13. The first-order valence-corrected chi connectivity index (χ1v) is 6.13. The van der Waals surface area contributed by atoms with E-state index in [4.69, 9.17) is 11.6 Å². The first-order chi connectivity index (χ1) is 7.54. The van der Waals surface area contributed by atoms with Gasteiger partial charge in [0.2, 0.25) is 11.8 Å². The molecule has 0 aromatic carbocycles. The summed E-state index contributed by atoms with van der Waals surface area (Å²) in [6.07, 6.45) is 1.92. The lowest BCUT2D eigenvalue weighted by molar-refractivity contribution is -0.131. The van der Waals surface area contributed by atoms with Crippen LogP contribution in [0.2, 0.25) is 0 Å². The Labute approximate surface area is 102 Å². The molecule has 1 saturated heterocycles. The average Bonchev–Trinajstić information content (AvgIpc) is 2.28. The second-order valence-corrected chi connectivity index (χ2v) is 4.62. The van der Waals surface area contributed by atoms with Gasteiger partial charge in [0.15, 0.2) is 0 Å². The number of carbonyl (C=O) groups is 2. The lowest BCUT2D eigenvalue weighted by atomic mass is 9.96. The predicted molar refractivity (Wildman–Crippen MR) is 63.3 cm³/mol. The second-order valence-electron chi connectivity index (χ2n) is 4.36. The van der Waals surface area contributed by atoms with E-state index in [1.807, 2.05) is 7.05 Å². The van der Waals surface area contributed by atoms with Crippen molar-refractivity contribution in [3.8, 4) is 0 Å². The number of likely N-dealkylation sites (tertiary alicyclic amines) is 1. The maximum absolute atomic E-state index is 11.3. The molecule has 1 aliphatic heterocycles. The van der Waals surface area contributed by atoms with Crippen LogP contribution in [-0.4, -0.2) is 54.2 Å². The average molecular weight is 247 g/mol. The van der Waals surface area contributed by atoms with Gasteiger partial charge in [-0.3, -0.25) is 9.59 Å². The number of amides is 2. The zero-order valence-electron chi connectivity index (χ0n) is 9.91. The van der Waals surface area contributed by atoms with Crippen LogP contribution in [0.4, 0.5) is 0 Å². The molecule has 5 heteroatoms. The van der Waals surface area contributed by atoms with E-state index in [1.165, 1.54) is 0 Å². The number of hydrogen-bond donors (Lipinski definition) is 0.